The number of hydrogen-bond acceptors (Lipinski definition) is 11. The molecule has 0 fully saturated rings. The Morgan fingerprint density at radius 1 is 1.15 bits per heavy atom. The van der Waals surface area contributed by atoms with Crippen molar-refractivity contribution in [3.63, 3.8) is 0 Å². The van der Waals surface area contributed by atoms with Crippen molar-refractivity contribution in [1.82, 2.24) is 25.2 Å². The number of sulfonamides is 1. The van der Waals surface area contributed by atoms with E-state index in [1.165, 1.54) is 56.6 Å². The summed E-state index contributed by atoms with van der Waals surface area (Å²) < 4.78 is 81.4. The Labute approximate surface area is 219 Å². The number of methoxy groups -OCH3 is 3. The number of pyridine rings is 1. The third-order valence-electron chi connectivity index (χ3n) is 5.22. The van der Waals surface area contributed by atoms with Crippen molar-refractivity contribution in [2.45, 2.75) is 24.6 Å². The van der Waals surface area contributed by atoms with Gasteiger partial charge < -0.3 is 28.8 Å². The Kier molecular flexibility index (Phi) is 7.99. The first-order valence-corrected chi connectivity index (χ1v) is 12.4. The summed E-state index contributed by atoms with van der Waals surface area (Å²) in [6.45, 7) is -2.98. The number of nitrogens with one attached hydrogen (secondary N) is 2. The minimum absolute atomic E-state index is 0.0364. The van der Waals surface area contributed by atoms with Crippen LogP contribution in [0.3, 0.4) is 0 Å². The molecule has 3 heterocycles. The van der Waals surface area contributed by atoms with Crippen LogP contribution in [-0.4, -0.2) is 62.4 Å². The summed E-state index contributed by atoms with van der Waals surface area (Å²) in [6.07, 6.45) is 3.81. The SMILES string of the molecule is COC(=O)NCc1cnn(Cc2cc(OC(F)F)c3c(NS(=O)(=O)c4c(OC)ccnc4OC)noc3c2)c1. The van der Waals surface area contributed by atoms with Gasteiger partial charge >= 0.3 is 12.7 Å². The highest BCUT2D eigenvalue weighted by atomic mass is 32.2. The number of aromatic nitrogens is 4. The predicted molar refractivity (Wildman–Crippen MR) is 129 cm³/mol. The number of rotatable bonds is 11. The Balaban J connectivity index is 1.67. The van der Waals surface area contributed by atoms with Crippen LogP contribution in [0, 0.1) is 0 Å². The second-order valence-electron chi connectivity index (χ2n) is 7.73. The molecule has 0 aliphatic rings. The van der Waals surface area contributed by atoms with E-state index in [0.717, 1.165) is 0 Å². The quantitative estimate of drug-likeness (QED) is 0.273. The molecule has 0 saturated heterocycles. The maximum atomic E-state index is 13.3. The van der Waals surface area contributed by atoms with Crippen molar-refractivity contribution in [1.29, 1.82) is 0 Å². The number of benzene rings is 1. The minimum Gasteiger partial charge on any atom is -0.495 e. The standard InChI is InChI=1S/C22H22F2N6O8S/c1-34-14-4-5-25-20(35-2)18(14)39(32,33)29-19-17-15(37-21(23)24)6-12(7-16(17)38-28-19)10-30-11-13(9-27-30)8-26-22(31)36-3/h4-7,9,11,21H,8,10H2,1-3H3,(H,26,31)(H,28,29). The summed E-state index contributed by atoms with van der Waals surface area (Å²) in [5.41, 5.74) is 1.05. The van der Waals surface area contributed by atoms with Gasteiger partial charge in [-0.05, 0) is 17.7 Å². The molecule has 0 unspecified atom stereocenters. The van der Waals surface area contributed by atoms with Crippen molar-refractivity contribution in [3.8, 4) is 17.4 Å². The van der Waals surface area contributed by atoms with Crippen molar-refractivity contribution in [3.05, 3.63) is 47.9 Å². The van der Waals surface area contributed by atoms with Gasteiger partial charge in [-0.3, -0.25) is 9.40 Å². The molecule has 0 atom stereocenters. The molecule has 4 aromatic rings. The molecule has 2 N–H and O–H groups in total. The number of nitrogens with zero attached hydrogens (tertiary/aromatic N) is 4. The fourth-order valence-electron chi connectivity index (χ4n) is 3.60. The molecule has 17 heteroatoms. The number of amides is 1. The van der Waals surface area contributed by atoms with Crippen LogP contribution < -0.4 is 24.2 Å². The van der Waals surface area contributed by atoms with Crippen molar-refractivity contribution in [2.75, 3.05) is 26.1 Å². The van der Waals surface area contributed by atoms with Crippen molar-refractivity contribution in [2.24, 2.45) is 0 Å². The van der Waals surface area contributed by atoms with E-state index in [1.807, 2.05) is 0 Å². The van der Waals surface area contributed by atoms with E-state index in [0.29, 0.717) is 11.1 Å². The highest BCUT2D eigenvalue weighted by molar-refractivity contribution is 7.93. The first-order chi connectivity index (χ1) is 18.6. The van der Waals surface area contributed by atoms with Crippen LogP contribution in [0.5, 0.6) is 17.4 Å². The number of carbonyl (C=O) groups excluding carboxylic acids is 1. The molecule has 0 aliphatic heterocycles. The van der Waals surface area contributed by atoms with Gasteiger partial charge in [0.1, 0.15) is 16.9 Å². The topological polar surface area (TPSA) is 169 Å². The van der Waals surface area contributed by atoms with E-state index in [-0.39, 0.29) is 41.4 Å². The van der Waals surface area contributed by atoms with Crippen LogP contribution in [0.25, 0.3) is 11.0 Å². The summed E-state index contributed by atoms with van der Waals surface area (Å²) in [4.78, 5) is 14.7. The molecule has 14 nitrogen and oxygen atoms in total. The number of alkyl halides is 2. The Hall–Kier alpha value is -4.67. The summed E-state index contributed by atoms with van der Waals surface area (Å²) in [6, 6.07) is 4.06. The Morgan fingerprint density at radius 3 is 2.64 bits per heavy atom. The third kappa shape index (κ3) is 6.08. The lowest BCUT2D eigenvalue weighted by atomic mass is 10.1. The number of carbonyl (C=O) groups is 1. The molecule has 3 aromatic heterocycles. The van der Waals surface area contributed by atoms with Gasteiger partial charge in [-0.1, -0.05) is 5.16 Å². The molecular formula is C22H22F2N6O8S. The second kappa shape index (κ2) is 11.4. The van der Waals surface area contributed by atoms with Crippen molar-refractivity contribution < 1.29 is 45.5 Å². The van der Waals surface area contributed by atoms with Crippen molar-refractivity contribution >= 4 is 32.9 Å². The zero-order chi connectivity index (χ0) is 28.2. The van der Waals surface area contributed by atoms with Gasteiger partial charge in [0.15, 0.2) is 16.3 Å². The summed E-state index contributed by atoms with van der Waals surface area (Å²) in [5.74, 6) is -1.13. The van der Waals surface area contributed by atoms with Crippen LogP contribution in [-0.2, 0) is 27.8 Å². The Morgan fingerprint density at radius 2 is 1.95 bits per heavy atom. The van der Waals surface area contributed by atoms with Crippen LogP contribution in [0.1, 0.15) is 11.1 Å². The third-order valence-corrected chi connectivity index (χ3v) is 6.59. The van der Waals surface area contributed by atoms with Crippen LogP contribution in [0.15, 0.2) is 46.2 Å². The fourth-order valence-corrected chi connectivity index (χ4v) is 4.88. The summed E-state index contributed by atoms with van der Waals surface area (Å²) >= 11 is 0. The molecule has 0 saturated carbocycles. The van der Waals surface area contributed by atoms with E-state index in [2.05, 4.69) is 34.8 Å². The molecule has 39 heavy (non-hydrogen) atoms. The summed E-state index contributed by atoms with van der Waals surface area (Å²) in [5, 5.41) is 10.3. The van der Waals surface area contributed by atoms with Crippen LogP contribution in [0.4, 0.5) is 19.4 Å². The average molecular weight is 569 g/mol. The maximum Gasteiger partial charge on any atom is 0.407 e. The largest absolute Gasteiger partial charge is 0.495 e. The van der Waals surface area contributed by atoms with Crippen LogP contribution in [0.2, 0.25) is 0 Å². The number of halogens is 2. The second-order valence-corrected chi connectivity index (χ2v) is 9.34. The number of hydrogen-bond donors (Lipinski definition) is 2. The van der Waals surface area contributed by atoms with E-state index >= 15 is 0 Å². The molecule has 0 radical (unpaired) electrons. The first kappa shape index (κ1) is 27.4. The lowest BCUT2D eigenvalue weighted by molar-refractivity contribution is -0.0488. The number of ether oxygens (including phenoxy) is 4. The zero-order valence-electron chi connectivity index (χ0n) is 20.7. The molecule has 0 aliphatic carbocycles. The number of alkyl carbamates (subject to hydrolysis) is 1. The first-order valence-electron chi connectivity index (χ1n) is 10.9. The molecule has 4 rings (SSSR count). The van der Waals surface area contributed by atoms with Gasteiger partial charge in [0.05, 0.1) is 34.1 Å². The molecule has 208 valence electrons. The molecule has 0 spiro atoms. The van der Waals surface area contributed by atoms with Gasteiger partial charge in [0, 0.05) is 30.6 Å². The highest BCUT2D eigenvalue weighted by Gasteiger charge is 2.29. The van der Waals surface area contributed by atoms with Crippen LogP contribution >= 0.6 is 0 Å². The maximum absolute atomic E-state index is 13.3. The Bertz CT molecular complexity index is 1570. The highest BCUT2D eigenvalue weighted by Crippen LogP contribution is 2.38. The average Bonchev–Trinajstić information content (AvgIpc) is 3.52. The molecule has 1 aromatic carbocycles. The predicted octanol–water partition coefficient (Wildman–Crippen LogP) is 2.74. The normalized spacial score (nSPS) is 11.4. The van der Waals surface area contributed by atoms with Gasteiger partial charge in [-0.25, -0.2) is 18.2 Å². The number of anilines is 1. The summed E-state index contributed by atoms with van der Waals surface area (Å²) in [7, 11) is -0.739. The minimum atomic E-state index is -4.46. The van der Waals surface area contributed by atoms with Gasteiger partial charge in [0.25, 0.3) is 10.0 Å². The smallest absolute Gasteiger partial charge is 0.407 e. The zero-order valence-corrected chi connectivity index (χ0v) is 21.5. The van der Waals surface area contributed by atoms with Gasteiger partial charge in [-0.15, -0.1) is 0 Å². The molecule has 1 amide bonds. The molecule has 0 bridgehead atoms. The lowest BCUT2D eigenvalue weighted by Gasteiger charge is -2.13. The van der Waals surface area contributed by atoms with E-state index in [9.17, 15) is 22.0 Å². The molecular weight excluding hydrogens is 546 g/mol. The van der Waals surface area contributed by atoms with Gasteiger partial charge in [0.2, 0.25) is 5.88 Å². The van der Waals surface area contributed by atoms with E-state index < -0.39 is 33.4 Å². The lowest BCUT2D eigenvalue weighted by Crippen LogP contribution is -2.21. The van der Waals surface area contributed by atoms with E-state index in [4.69, 9.17) is 14.0 Å². The monoisotopic (exact) mass is 568 g/mol. The van der Waals surface area contributed by atoms with Gasteiger partial charge in [-0.2, -0.15) is 13.9 Å². The fraction of sp³-hybridized carbons (Fsp3) is 0.273. The van der Waals surface area contributed by atoms with E-state index in [1.54, 1.807) is 6.20 Å². The number of fused-ring (bicyclic) bond motifs is 1.